The van der Waals surface area contributed by atoms with Crippen molar-refractivity contribution in [1.82, 2.24) is 4.90 Å². The van der Waals surface area contributed by atoms with Gasteiger partial charge < -0.3 is 14.2 Å². The van der Waals surface area contributed by atoms with E-state index < -0.39 is 0 Å². The van der Waals surface area contributed by atoms with Crippen molar-refractivity contribution in [1.29, 1.82) is 0 Å². The van der Waals surface area contributed by atoms with Crippen LogP contribution in [0, 0.1) is 0 Å². The van der Waals surface area contributed by atoms with Gasteiger partial charge in [-0.25, -0.2) is 0 Å². The lowest BCUT2D eigenvalue weighted by atomic mass is 9.90. The minimum Gasteiger partial charge on any atom is -0.402 e. The van der Waals surface area contributed by atoms with Crippen molar-refractivity contribution in [3.05, 3.63) is 0 Å². The van der Waals surface area contributed by atoms with E-state index in [0.29, 0.717) is 0 Å². The predicted molar refractivity (Wildman–Crippen MR) is 59.3 cm³/mol. The Morgan fingerprint density at radius 3 is 1.86 bits per heavy atom. The zero-order chi connectivity index (χ0) is 11.0. The lowest BCUT2D eigenvalue weighted by Crippen LogP contribution is -2.41. The average molecular weight is 199 g/mol. The van der Waals surface area contributed by atoms with E-state index in [-0.39, 0.29) is 18.3 Å². The second kappa shape index (κ2) is 3.84. The molecule has 0 bridgehead atoms. The summed E-state index contributed by atoms with van der Waals surface area (Å²) in [6, 6.07) is 0. The first-order chi connectivity index (χ1) is 6.28. The average Bonchev–Trinajstić information content (AvgIpc) is 2.20. The maximum Gasteiger partial charge on any atom is 0.472 e. The second-order valence-electron chi connectivity index (χ2n) is 5.04. The highest BCUT2D eigenvalue weighted by Crippen LogP contribution is 2.36. The summed E-state index contributed by atoms with van der Waals surface area (Å²) in [5.41, 5.74) is -0.404. The molecule has 0 unspecified atom stereocenters. The smallest absolute Gasteiger partial charge is 0.402 e. The van der Waals surface area contributed by atoms with E-state index in [2.05, 4.69) is 46.6 Å². The second-order valence-corrected chi connectivity index (χ2v) is 5.04. The Labute approximate surface area is 87.9 Å². The monoisotopic (exact) mass is 199 g/mol. The quantitative estimate of drug-likeness (QED) is 0.644. The highest BCUT2D eigenvalue weighted by Gasteiger charge is 2.50. The maximum atomic E-state index is 5.87. The van der Waals surface area contributed by atoms with Crippen molar-refractivity contribution >= 4 is 7.12 Å². The Hall–Kier alpha value is -0.0551. The molecule has 0 aromatic carbocycles. The lowest BCUT2D eigenvalue weighted by Gasteiger charge is -2.32. The molecule has 4 heteroatoms. The molecule has 0 aromatic heterocycles. The van der Waals surface area contributed by atoms with Crippen molar-refractivity contribution in [3.8, 4) is 0 Å². The zero-order valence-corrected chi connectivity index (χ0v) is 10.3. The van der Waals surface area contributed by atoms with Gasteiger partial charge in [0.05, 0.1) is 11.2 Å². The number of hydrogen-bond acceptors (Lipinski definition) is 3. The van der Waals surface area contributed by atoms with Gasteiger partial charge in [-0.2, -0.15) is 0 Å². The summed E-state index contributed by atoms with van der Waals surface area (Å²) in [6.07, 6.45) is 0.837. The summed E-state index contributed by atoms with van der Waals surface area (Å²) < 4.78 is 11.7. The van der Waals surface area contributed by atoms with Crippen LogP contribution in [0.2, 0.25) is 0 Å². The highest BCUT2D eigenvalue weighted by molar-refractivity contribution is 6.45. The minimum atomic E-state index is -0.202. The summed E-state index contributed by atoms with van der Waals surface area (Å²) in [5, 5.41) is 0. The van der Waals surface area contributed by atoms with Crippen LogP contribution in [0.5, 0.6) is 0 Å². The summed E-state index contributed by atoms with van der Waals surface area (Å²) in [4.78, 5) is 2.20. The Bertz CT molecular complexity index is 190. The molecular weight excluding hydrogens is 177 g/mol. The van der Waals surface area contributed by atoms with E-state index in [1.54, 1.807) is 0 Å². The van der Waals surface area contributed by atoms with Crippen molar-refractivity contribution < 1.29 is 9.31 Å². The first-order valence-corrected chi connectivity index (χ1v) is 5.32. The normalized spacial score (nSPS) is 24.6. The van der Waals surface area contributed by atoms with Gasteiger partial charge in [0.15, 0.2) is 0 Å². The van der Waals surface area contributed by atoms with Crippen LogP contribution in [0.3, 0.4) is 0 Å². The van der Waals surface area contributed by atoms with Crippen LogP contribution in [0.25, 0.3) is 0 Å². The molecule has 82 valence electrons. The molecule has 0 N–H and O–H groups in total. The minimum absolute atomic E-state index is 0.0926. The van der Waals surface area contributed by atoms with Gasteiger partial charge in [0.2, 0.25) is 0 Å². The molecule has 0 spiro atoms. The predicted octanol–water partition coefficient (Wildman–Crippen LogP) is 1.57. The number of hydrogen-bond donors (Lipinski definition) is 0. The van der Waals surface area contributed by atoms with Crippen molar-refractivity contribution in [2.45, 2.75) is 45.8 Å². The van der Waals surface area contributed by atoms with E-state index >= 15 is 0 Å². The topological polar surface area (TPSA) is 21.7 Å². The number of nitrogens with zero attached hydrogens (tertiary/aromatic N) is 1. The van der Waals surface area contributed by atoms with Crippen LogP contribution in [0.15, 0.2) is 0 Å². The van der Waals surface area contributed by atoms with Crippen molar-refractivity contribution in [2.24, 2.45) is 0 Å². The first-order valence-electron chi connectivity index (χ1n) is 5.32. The Balaban J connectivity index is 2.55. The fourth-order valence-corrected chi connectivity index (χ4v) is 1.42. The molecule has 1 aliphatic heterocycles. The van der Waals surface area contributed by atoms with E-state index in [0.717, 1.165) is 13.0 Å². The van der Waals surface area contributed by atoms with Gasteiger partial charge in [-0.15, -0.1) is 0 Å². The molecule has 1 heterocycles. The Kier molecular flexibility index (Phi) is 3.29. The molecule has 0 radical (unpaired) electrons. The third-order valence-electron chi connectivity index (χ3n) is 3.30. The fourth-order valence-electron chi connectivity index (χ4n) is 1.42. The van der Waals surface area contributed by atoms with Gasteiger partial charge in [0.25, 0.3) is 0 Å². The van der Waals surface area contributed by atoms with Crippen LogP contribution >= 0.6 is 0 Å². The molecule has 0 aromatic rings. The van der Waals surface area contributed by atoms with Gasteiger partial charge >= 0.3 is 7.12 Å². The highest BCUT2D eigenvalue weighted by atomic mass is 16.7. The molecular formula is C10H22BNO2. The molecule has 1 aliphatic rings. The van der Waals surface area contributed by atoms with E-state index in [1.807, 2.05) is 0 Å². The van der Waals surface area contributed by atoms with E-state index in [1.165, 1.54) is 0 Å². The third kappa shape index (κ3) is 2.30. The van der Waals surface area contributed by atoms with Gasteiger partial charge in [0, 0.05) is 6.44 Å². The van der Waals surface area contributed by atoms with Crippen molar-refractivity contribution in [2.75, 3.05) is 20.0 Å². The molecule has 0 aliphatic carbocycles. The van der Waals surface area contributed by atoms with E-state index in [4.69, 9.17) is 9.31 Å². The molecule has 14 heavy (non-hydrogen) atoms. The van der Waals surface area contributed by atoms with Gasteiger partial charge in [-0.1, -0.05) is 6.92 Å². The third-order valence-corrected chi connectivity index (χ3v) is 3.30. The molecule has 1 fully saturated rings. The summed E-state index contributed by atoms with van der Waals surface area (Å²) >= 11 is 0. The van der Waals surface area contributed by atoms with Crippen LogP contribution in [-0.4, -0.2) is 43.3 Å². The number of rotatable bonds is 3. The molecule has 0 amide bonds. The summed E-state index contributed by atoms with van der Waals surface area (Å²) in [5.74, 6) is 0. The van der Waals surface area contributed by atoms with Crippen LogP contribution in [-0.2, 0) is 9.31 Å². The fraction of sp³-hybridized carbons (Fsp3) is 1.00. The molecule has 3 nitrogen and oxygen atoms in total. The molecule has 1 rings (SSSR count). The summed E-state index contributed by atoms with van der Waals surface area (Å²) in [7, 11) is 1.98. The molecule has 0 saturated carbocycles. The van der Waals surface area contributed by atoms with E-state index in [9.17, 15) is 0 Å². The van der Waals surface area contributed by atoms with Gasteiger partial charge in [0.1, 0.15) is 0 Å². The Morgan fingerprint density at radius 2 is 1.50 bits per heavy atom. The summed E-state index contributed by atoms with van der Waals surface area (Å²) in [6.45, 7) is 11.5. The molecule has 1 saturated heterocycles. The maximum absolute atomic E-state index is 5.87. The van der Waals surface area contributed by atoms with Gasteiger partial charge in [-0.05, 0) is 41.3 Å². The molecule has 0 atom stereocenters. The first kappa shape index (κ1) is 12.0. The van der Waals surface area contributed by atoms with Crippen LogP contribution < -0.4 is 0 Å². The van der Waals surface area contributed by atoms with Crippen LogP contribution in [0.4, 0.5) is 0 Å². The SMILES string of the molecule is CCN(C)CB1OC(C)(C)C(C)(C)O1. The van der Waals surface area contributed by atoms with Crippen LogP contribution in [0.1, 0.15) is 34.6 Å². The van der Waals surface area contributed by atoms with Crippen molar-refractivity contribution in [3.63, 3.8) is 0 Å². The van der Waals surface area contributed by atoms with Gasteiger partial charge in [-0.3, -0.25) is 0 Å². The Morgan fingerprint density at radius 1 is 1.07 bits per heavy atom. The standard InChI is InChI=1S/C10H22BNO2/c1-7-12(6)8-11-13-9(2,3)10(4,5)14-11/h7-8H2,1-6H3. The zero-order valence-electron chi connectivity index (χ0n) is 10.3. The largest absolute Gasteiger partial charge is 0.472 e. The lowest BCUT2D eigenvalue weighted by molar-refractivity contribution is 0.00578.